The van der Waals surface area contributed by atoms with Crippen LogP contribution in [0.15, 0.2) is 30.3 Å². The van der Waals surface area contributed by atoms with Gasteiger partial charge >= 0.3 is 6.03 Å². The van der Waals surface area contributed by atoms with Gasteiger partial charge in [0, 0.05) is 12.8 Å². The fraction of sp³-hybridized carbons (Fsp3) is 0.500. The van der Waals surface area contributed by atoms with Crippen LogP contribution in [0.2, 0.25) is 0 Å². The topological polar surface area (TPSA) is 68.8 Å². The number of methoxy groups -OCH3 is 1. The molecule has 2 amide bonds. The molecule has 0 saturated carbocycles. The highest BCUT2D eigenvalue weighted by atomic mass is 16.6. The van der Waals surface area contributed by atoms with Gasteiger partial charge in [0.25, 0.3) is 0 Å². The molecular weight excluding hydrogens is 260 g/mol. The van der Waals surface area contributed by atoms with E-state index >= 15 is 0 Å². The third-order valence-electron chi connectivity index (χ3n) is 3.66. The average Bonchev–Trinajstić information content (AvgIpc) is 3.02. The molecule has 6 heteroatoms. The Bertz CT molecular complexity index is 468. The monoisotopic (exact) mass is 278 g/mol. The van der Waals surface area contributed by atoms with Crippen molar-refractivity contribution in [1.29, 1.82) is 0 Å². The van der Waals surface area contributed by atoms with Crippen LogP contribution in [-0.2, 0) is 14.2 Å². The summed E-state index contributed by atoms with van der Waals surface area (Å²) in [6.07, 6.45) is -0.285. The van der Waals surface area contributed by atoms with Crippen LogP contribution < -0.4 is 10.6 Å². The molecule has 20 heavy (non-hydrogen) atoms. The first kappa shape index (κ1) is 13.4. The third kappa shape index (κ3) is 2.63. The Hall–Kier alpha value is -1.63. The Morgan fingerprint density at radius 2 is 1.95 bits per heavy atom. The summed E-state index contributed by atoms with van der Waals surface area (Å²) in [5, 5.41) is 5.67. The SMILES string of the molecule is CO[C@H]1CO[C@@H]2[C@@H]1OC[C@@H]2NC(=O)Nc1ccccc1. The van der Waals surface area contributed by atoms with Gasteiger partial charge in [-0.25, -0.2) is 4.79 Å². The van der Waals surface area contributed by atoms with Crippen LogP contribution >= 0.6 is 0 Å². The van der Waals surface area contributed by atoms with Crippen LogP contribution in [0.4, 0.5) is 10.5 Å². The van der Waals surface area contributed by atoms with Gasteiger partial charge in [0.1, 0.15) is 18.3 Å². The number of hydrogen-bond acceptors (Lipinski definition) is 4. The number of rotatable bonds is 3. The van der Waals surface area contributed by atoms with E-state index in [1.165, 1.54) is 0 Å². The van der Waals surface area contributed by atoms with Crippen molar-refractivity contribution < 1.29 is 19.0 Å². The van der Waals surface area contributed by atoms with E-state index < -0.39 is 0 Å². The summed E-state index contributed by atoms with van der Waals surface area (Å²) < 4.78 is 16.6. The number of para-hydroxylation sites is 1. The highest BCUT2D eigenvalue weighted by Gasteiger charge is 2.48. The Kier molecular flexibility index (Phi) is 3.86. The Balaban J connectivity index is 1.55. The zero-order valence-corrected chi connectivity index (χ0v) is 11.2. The maximum atomic E-state index is 11.9. The molecule has 2 N–H and O–H groups in total. The van der Waals surface area contributed by atoms with Gasteiger partial charge in [-0.1, -0.05) is 18.2 Å². The highest BCUT2D eigenvalue weighted by molar-refractivity contribution is 5.89. The molecule has 2 fully saturated rings. The molecule has 0 unspecified atom stereocenters. The lowest BCUT2D eigenvalue weighted by molar-refractivity contribution is -0.00805. The first-order valence-corrected chi connectivity index (χ1v) is 6.66. The minimum atomic E-state index is -0.255. The third-order valence-corrected chi connectivity index (χ3v) is 3.66. The molecule has 4 atom stereocenters. The summed E-state index contributed by atoms with van der Waals surface area (Å²) in [5.41, 5.74) is 0.752. The summed E-state index contributed by atoms with van der Waals surface area (Å²) in [6, 6.07) is 8.90. The number of amides is 2. The molecule has 2 saturated heterocycles. The number of carbonyl (C=O) groups is 1. The highest BCUT2D eigenvalue weighted by Crippen LogP contribution is 2.28. The van der Waals surface area contributed by atoms with Gasteiger partial charge in [0.05, 0.1) is 19.3 Å². The number of urea groups is 1. The molecule has 0 radical (unpaired) electrons. The van der Waals surface area contributed by atoms with E-state index in [0.717, 1.165) is 5.69 Å². The van der Waals surface area contributed by atoms with Crippen molar-refractivity contribution in [2.75, 3.05) is 25.6 Å². The summed E-state index contributed by atoms with van der Waals surface area (Å²) in [4.78, 5) is 11.9. The summed E-state index contributed by atoms with van der Waals surface area (Å²) >= 11 is 0. The fourth-order valence-corrected chi connectivity index (χ4v) is 2.65. The Morgan fingerprint density at radius 1 is 1.20 bits per heavy atom. The van der Waals surface area contributed by atoms with E-state index in [1.54, 1.807) is 7.11 Å². The van der Waals surface area contributed by atoms with Crippen molar-refractivity contribution in [3.8, 4) is 0 Å². The quantitative estimate of drug-likeness (QED) is 0.865. The van der Waals surface area contributed by atoms with Gasteiger partial charge < -0.3 is 24.8 Å². The van der Waals surface area contributed by atoms with Gasteiger partial charge in [-0.15, -0.1) is 0 Å². The molecule has 0 spiro atoms. The van der Waals surface area contributed by atoms with Crippen LogP contribution in [0.1, 0.15) is 0 Å². The van der Waals surface area contributed by atoms with Gasteiger partial charge in [0.2, 0.25) is 0 Å². The average molecular weight is 278 g/mol. The molecule has 2 heterocycles. The van der Waals surface area contributed by atoms with Gasteiger partial charge in [-0.3, -0.25) is 0 Å². The molecule has 6 nitrogen and oxygen atoms in total. The minimum absolute atomic E-state index is 0.0519. The van der Waals surface area contributed by atoms with Crippen LogP contribution in [0.5, 0.6) is 0 Å². The maximum absolute atomic E-state index is 11.9. The van der Waals surface area contributed by atoms with Crippen LogP contribution in [0, 0.1) is 0 Å². The molecule has 0 bridgehead atoms. The lowest BCUT2D eigenvalue weighted by Crippen LogP contribution is -2.46. The van der Waals surface area contributed by atoms with E-state index in [4.69, 9.17) is 14.2 Å². The fourth-order valence-electron chi connectivity index (χ4n) is 2.65. The zero-order chi connectivity index (χ0) is 13.9. The lowest BCUT2D eigenvalue weighted by atomic mass is 10.1. The number of ether oxygens (including phenoxy) is 3. The van der Waals surface area contributed by atoms with Gasteiger partial charge in [0.15, 0.2) is 0 Å². The number of nitrogens with one attached hydrogen (secondary N) is 2. The number of carbonyl (C=O) groups excluding carboxylic acids is 1. The van der Waals surface area contributed by atoms with Crippen LogP contribution in [0.3, 0.4) is 0 Å². The standard InChI is InChI=1S/C14H18N2O4/c1-18-11-8-20-12-10(7-19-13(11)12)16-14(17)15-9-5-3-2-4-6-9/h2-6,10-13H,7-8H2,1H3,(H2,15,16,17)/t10-,11-,12-,13+/m0/s1. The summed E-state index contributed by atoms with van der Waals surface area (Å²) in [6.45, 7) is 0.946. The molecule has 2 aliphatic heterocycles. The minimum Gasteiger partial charge on any atom is -0.376 e. The molecule has 0 aliphatic carbocycles. The van der Waals surface area contributed by atoms with Crippen molar-refractivity contribution in [2.24, 2.45) is 0 Å². The smallest absolute Gasteiger partial charge is 0.319 e. The van der Waals surface area contributed by atoms with Crippen molar-refractivity contribution in [1.82, 2.24) is 5.32 Å². The number of benzene rings is 1. The number of hydrogen-bond donors (Lipinski definition) is 2. The molecule has 2 aliphatic rings. The van der Waals surface area contributed by atoms with E-state index in [0.29, 0.717) is 13.2 Å². The van der Waals surface area contributed by atoms with E-state index in [2.05, 4.69) is 10.6 Å². The van der Waals surface area contributed by atoms with Crippen LogP contribution in [0.25, 0.3) is 0 Å². The molecule has 1 aromatic rings. The van der Waals surface area contributed by atoms with Crippen molar-refractivity contribution in [3.63, 3.8) is 0 Å². The van der Waals surface area contributed by atoms with Gasteiger partial charge in [-0.05, 0) is 12.1 Å². The molecular formula is C14H18N2O4. The van der Waals surface area contributed by atoms with Crippen molar-refractivity contribution >= 4 is 11.7 Å². The normalized spacial score (nSPS) is 31.9. The van der Waals surface area contributed by atoms with Crippen molar-refractivity contribution in [3.05, 3.63) is 30.3 Å². The predicted molar refractivity (Wildman–Crippen MR) is 72.7 cm³/mol. The predicted octanol–water partition coefficient (Wildman–Crippen LogP) is 0.989. The van der Waals surface area contributed by atoms with Crippen LogP contribution in [-0.4, -0.2) is 50.7 Å². The zero-order valence-electron chi connectivity index (χ0n) is 11.2. The van der Waals surface area contributed by atoms with E-state index in [1.807, 2.05) is 30.3 Å². The molecule has 0 aromatic heterocycles. The second kappa shape index (κ2) is 5.78. The van der Waals surface area contributed by atoms with Gasteiger partial charge in [-0.2, -0.15) is 0 Å². The maximum Gasteiger partial charge on any atom is 0.319 e. The van der Waals surface area contributed by atoms with Crippen molar-refractivity contribution in [2.45, 2.75) is 24.4 Å². The largest absolute Gasteiger partial charge is 0.376 e. The lowest BCUT2D eigenvalue weighted by Gasteiger charge is -2.18. The second-order valence-electron chi connectivity index (χ2n) is 4.94. The number of anilines is 1. The van der Waals surface area contributed by atoms with E-state index in [-0.39, 0.29) is 30.4 Å². The molecule has 1 aromatic carbocycles. The second-order valence-corrected chi connectivity index (χ2v) is 4.94. The first-order chi connectivity index (χ1) is 9.78. The summed E-state index contributed by atoms with van der Waals surface area (Å²) in [5.74, 6) is 0. The number of fused-ring (bicyclic) bond motifs is 1. The Morgan fingerprint density at radius 3 is 2.70 bits per heavy atom. The molecule has 108 valence electrons. The Labute approximate surface area is 117 Å². The van der Waals surface area contributed by atoms with E-state index in [9.17, 15) is 4.79 Å². The molecule has 3 rings (SSSR count). The first-order valence-electron chi connectivity index (χ1n) is 6.66. The summed E-state index contributed by atoms with van der Waals surface area (Å²) in [7, 11) is 1.64.